The predicted octanol–water partition coefficient (Wildman–Crippen LogP) is 1.05. The fourth-order valence-corrected chi connectivity index (χ4v) is 3.44. The van der Waals surface area contributed by atoms with Crippen molar-refractivity contribution < 1.29 is 14.5 Å². The number of nitrogens with two attached hydrogens (primary N) is 1. The fraction of sp³-hybridized carbons (Fsp3) is 0.500. The van der Waals surface area contributed by atoms with Crippen molar-refractivity contribution in [2.24, 2.45) is 0 Å². The number of rotatable bonds is 5. The number of carbonyl (C=O) groups excluding carboxylic acids is 2. The van der Waals surface area contributed by atoms with Gasteiger partial charge in [0, 0.05) is 11.8 Å². The van der Waals surface area contributed by atoms with E-state index < -0.39 is 22.8 Å². The van der Waals surface area contributed by atoms with E-state index in [2.05, 4.69) is 10.6 Å². The maximum absolute atomic E-state index is 12.9. The second-order valence-corrected chi connectivity index (χ2v) is 6.21. The Morgan fingerprint density at radius 1 is 1.04 bits per heavy atom. The molecule has 4 N–H and O–H groups in total. The third-order valence-corrected chi connectivity index (χ3v) is 4.66. The quantitative estimate of drug-likeness (QED) is 0.318. The first-order valence-corrected chi connectivity index (χ1v) is 8.12. The average Bonchev–Trinajstić information content (AvgIpc) is 3.26. The summed E-state index contributed by atoms with van der Waals surface area (Å²) >= 11 is 0. The molecular weight excluding hydrogens is 312 g/mol. The number of ketones is 2. The molecular formula is C16H20N4O4. The number of Topliss-reactive ketones (excluding diaryl/α,β-unsaturated/α-hetero) is 2. The van der Waals surface area contributed by atoms with Gasteiger partial charge in [-0.2, -0.15) is 0 Å². The van der Waals surface area contributed by atoms with Crippen LogP contribution in [0.25, 0.3) is 0 Å². The van der Waals surface area contributed by atoms with Gasteiger partial charge in [-0.25, -0.2) is 0 Å². The molecule has 0 spiro atoms. The van der Waals surface area contributed by atoms with Gasteiger partial charge in [-0.15, -0.1) is 0 Å². The number of carbonyl (C=O) groups is 2. The molecule has 2 atom stereocenters. The van der Waals surface area contributed by atoms with Gasteiger partial charge in [0.25, 0.3) is 5.69 Å². The summed E-state index contributed by atoms with van der Waals surface area (Å²) in [4.78, 5) is 36.5. The zero-order valence-electron chi connectivity index (χ0n) is 13.2. The maximum Gasteiger partial charge on any atom is 0.281 e. The monoisotopic (exact) mass is 332 g/mol. The molecule has 3 rings (SSSR count). The molecule has 1 aromatic carbocycles. The van der Waals surface area contributed by atoms with Crippen LogP contribution in [-0.2, 0) is 0 Å². The van der Waals surface area contributed by atoms with Crippen molar-refractivity contribution in [1.82, 2.24) is 10.6 Å². The summed E-state index contributed by atoms with van der Waals surface area (Å²) in [5.74, 6) is -0.761. The van der Waals surface area contributed by atoms with E-state index >= 15 is 0 Å². The van der Waals surface area contributed by atoms with Crippen LogP contribution in [0.4, 0.5) is 11.4 Å². The van der Waals surface area contributed by atoms with E-state index in [1.165, 1.54) is 12.1 Å². The SMILES string of the molecule is Nc1ccc([N+](=O)[O-])c(C(=O)C2CCCN2)c1C(=O)C1CCCN1. The molecule has 2 heterocycles. The number of hydrogen-bond acceptors (Lipinski definition) is 7. The van der Waals surface area contributed by atoms with Crippen LogP contribution in [0.2, 0.25) is 0 Å². The Kier molecular flexibility index (Phi) is 4.59. The minimum absolute atomic E-state index is 0.0118. The Bertz CT molecular complexity index is 692. The zero-order chi connectivity index (χ0) is 17.3. The number of anilines is 1. The van der Waals surface area contributed by atoms with Crippen molar-refractivity contribution in [3.8, 4) is 0 Å². The highest BCUT2D eigenvalue weighted by Crippen LogP contribution is 2.31. The highest BCUT2D eigenvalue weighted by molar-refractivity contribution is 6.17. The minimum Gasteiger partial charge on any atom is -0.398 e. The number of nitro groups is 1. The molecule has 8 nitrogen and oxygen atoms in total. The van der Waals surface area contributed by atoms with Crippen molar-refractivity contribution in [3.05, 3.63) is 33.4 Å². The fourth-order valence-electron chi connectivity index (χ4n) is 3.44. The second-order valence-electron chi connectivity index (χ2n) is 6.21. The van der Waals surface area contributed by atoms with E-state index in [0.29, 0.717) is 25.9 Å². The number of benzene rings is 1. The lowest BCUT2D eigenvalue weighted by molar-refractivity contribution is -0.385. The van der Waals surface area contributed by atoms with E-state index in [4.69, 9.17) is 5.73 Å². The molecule has 8 heteroatoms. The minimum atomic E-state index is -0.625. The van der Waals surface area contributed by atoms with Crippen molar-refractivity contribution >= 4 is 22.9 Å². The first-order chi connectivity index (χ1) is 11.5. The molecule has 2 fully saturated rings. The smallest absolute Gasteiger partial charge is 0.281 e. The topological polar surface area (TPSA) is 127 Å². The summed E-state index contributed by atoms with van der Waals surface area (Å²) in [7, 11) is 0. The third-order valence-electron chi connectivity index (χ3n) is 4.66. The molecule has 2 saturated heterocycles. The lowest BCUT2D eigenvalue weighted by atomic mass is 9.90. The molecule has 128 valence electrons. The summed E-state index contributed by atoms with van der Waals surface area (Å²) in [6.45, 7) is 1.39. The summed E-state index contributed by atoms with van der Waals surface area (Å²) in [5, 5.41) is 17.5. The molecule has 0 aliphatic carbocycles. The van der Waals surface area contributed by atoms with E-state index in [-0.39, 0.29) is 28.3 Å². The molecule has 0 aromatic heterocycles. The van der Waals surface area contributed by atoms with E-state index in [9.17, 15) is 19.7 Å². The van der Waals surface area contributed by atoms with Gasteiger partial charge in [0.2, 0.25) is 0 Å². The Hall–Kier alpha value is -2.32. The van der Waals surface area contributed by atoms with Gasteiger partial charge in [-0.1, -0.05) is 0 Å². The van der Waals surface area contributed by atoms with Crippen LogP contribution < -0.4 is 16.4 Å². The Labute approximate surface area is 138 Å². The average molecular weight is 332 g/mol. The normalized spacial score (nSPS) is 23.3. The standard InChI is InChI=1S/C16H20N4O4/c17-9-5-6-12(20(23)24)14(16(22)11-4-2-8-19-11)13(9)15(21)10-3-1-7-18-10/h5-6,10-11,18-19H,1-4,7-8,17H2. The molecule has 0 bridgehead atoms. The molecule has 0 saturated carbocycles. The molecule has 2 unspecified atom stereocenters. The summed E-state index contributed by atoms with van der Waals surface area (Å²) in [5.41, 5.74) is 5.54. The van der Waals surface area contributed by atoms with Crippen LogP contribution in [0.3, 0.4) is 0 Å². The highest BCUT2D eigenvalue weighted by atomic mass is 16.6. The maximum atomic E-state index is 12.9. The van der Waals surface area contributed by atoms with Gasteiger partial charge >= 0.3 is 0 Å². The predicted molar refractivity (Wildman–Crippen MR) is 88.2 cm³/mol. The number of nitrogens with one attached hydrogen (secondary N) is 2. The number of nitrogen functional groups attached to an aromatic ring is 1. The van der Waals surface area contributed by atoms with Gasteiger partial charge in [0.15, 0.2) is 11.6 Å². The first-order valence-electron chi connectivity index (χ1n) is 8.12. The van der Waals surface area contributed by atoms with Crippen LogP contribution in [0.15, 0.2) is 12.1 Å². The van der Waals surface area contributed by atoms with Gasteiger partial charge in [0.1, 0.15) is 5.56 Å². The van der Waals surface area contributed by atoms with Crippen molar-refractivity contribution in [2.45, 2.75) is 37.8 Å². The largest absolute Gasteiger partial charge is 0.398 e. The van der Waals surface area contributed by atoms with Crippen molar-refractivity contribution in [2.75, 3.05) is 18.8 Å². The molecule has 0 radical (unpaired) electrons. The van der Waals surface area contributed by atoms with Crippen molar-refractivity contribution in [1.29, 1.82) is 0 Å². The van der Waals surface area contributed by atoms with Crippen LogP contribution in [0, 0.1) is 10.1 Å². The molecule has 2 aliphatic heterocycles. The van der Waals surface area contributed by atoms with Crippen molar-refractivity contribution in [3.63, 3.8) is 0 Å². The van der Waals surface area contributed by atoms with Crippen LogP contribution in [-0.4, -0.2) is 41.7 Å². The van der Waals surface area contributed by atoms with Crippen LogP contribution in [0.1, 0.15) is 46.4 Å². The Morgan fingerprint density at radius 2 is 1.58 bits per heavy atom. The number of nitro benzene ring substituents is 1. The molecule has 0 amide bonds. The number of nitrogens with zero attached hydrogens (tertiary/aromatic N) is 1. The summed E-state index contributed by atoms with van der Waals surface area (Å²) in [6, 6.07) is 1.58. The number of hydrogen-bond donors (Lipinski definition) is 3. The lowest BCUT2D eigenvalue weighted by Crippen LogP contribution is -2.36. The third kappa shape index (κ3) is 2.90. The van der Waals surface area contributed by atoms with Gasteiger partial charge in [0.05, 0.1) is 22.6 Å². The Morgan fingerprint density at radius 3 is 2.04 bits per heavy atom. The summed E-state index contributed by atoms with van der Waals surface area (Å²) < 4.78 is 0. The van der Waals surface area contributed by atoms with Gasteiger partial charge in [-0.3, -0.25) is 19.7 Å². The molecule has 24 heavy (non-hydrogen) atoms. The second kappa shape index (κ2) is 6.66. The van der Waals surface area contributed by atoms with Crippen LogP contribution >= 0.6 is 0 Å². The van der Waals surface area contributed by atoms with Gasteiger partial charge in [-0.05, 0) is 44.8 Å². The van der Waals surface area contributed by atoms with Crippen LogP contribution in [0.5, 0.6) is 0 Å². The van der Waals surface area contributed by atoms with E-state index in [0.717, 1.165) is 12.8 Å². The van der Waals surface area contributed by atoms with Gasteiger partial charge < -0.3 is 16.4 Å². The summed E-state index contributed by atoms with van der Waals surface area (Å²) in [6.07, 6.45) is 2.90. The van der Waals surface area contributed by atoms with E-state index in [1.807, 2.05) is 0 Å². The molecule has 2 aliphatic rings. The highest BCUT2D eigenvalue weighted by Gasteiger charge is 2.36. The first kappa shape index (κ1) is 16.5. The van der Waals surface area contributed by atoms with E-state index in [1.54, 1.807) is 0 Å². The Balaban J connectivity index is 2.11. The molecule has 1 aromatic rings. The zero-order valence-corrected chi connectivity index (χ0v) is 13.2. The lowest BCUT2D eigenvalue weighted by Gasteiger charge is -2.17.